The third kappa shape index (κ3) is 3.94. The molecule has 1 saturated heterocycles. The van der Waals surface area contributed by atoms with E-state index in [1.54, 1.807) is 6.20 Å². The summed E-state index contributed by atoms with van der Waals surface area (Å²) in [5.41, 5.74) is 0. The Kier molecular flexibility index (Phi) is 5.32. The predicted octanol–water partition coefficient (Wildman–Crippen LogP) is 0.135. The smallest absolute Gasteiger partial charge is 0.326 e. The van der Waals surface area contributed by atoms with E-state index >= 15 is 0 Å². The number of aromatic nitrogens is 1. The first-order valence-electron chi connectivity index (χ1n) is 7.36. The standard InChI is InChI=1S/C15H22N4O3/c1-12(15(21)22)17(2)14(20)11-18-7-9-19(10-8-18)13-5-3-4-6-16-13/h3-6,12H,7-11H2,1-2H3,(H,21,22). The molecule has 1 aliphatic rings. The normalized spacial score (nSPS) is 17.1. The summed E-state index contributed by atoms with van der Waals surface area (Å²) in [4.78, 5) is 32.9. The van der Waals surface area contributed by atoms with Gasteiger partial charge in [-0.3, -0.25) is 9.69 Å². The lowest BCUT2D eigenvalue weighted by atomic mass is 10.2. The van der Waals surface area contributed by atoms with Crippen LogP contribution in [0, 0.1) is 0 Å². The molecule has 22 heavy (non-hydrogen) atoms. The van der Waals surface area contributed by atoms with Crippen LogP contribution in [0.1, 0.15) is 6.92 Å². The third-order valence-electron chi connectivity index (χ3n) is 4.04. The summed E-state index contributed by atoms with van der Waals surface area (Å²) in [5, 5.41) is 8.95. The Labute approximate surface area is 130 Å². The maximum absolute atomic E-state index is 12.1. The highest BCUT2D eigenvalue weighted by molar-refractivity contribution is 5.84. The SMILES string of the molecule is CC(C(=O)O)N(C)C(=O)CN1CCN(c2ccccn2)CC1. The van der Waals surface area contributed by atoms with Crippen LogP contribution in [-0.4, -0.2) is 77.6 Å². The molecule has 120 valence electrons. The number of carbonyl (C=O) groups excluding carboxylic acids is 1. The first-order valence-corrected chi connectivity index (χ1v) is 7.36. The van der Waals surface area contributed by atoms with E-state index in [-0.39, 0.29) is 12.5 Å². The van der Waals surface area contributed by atoms with E-state index in [2.05, 4.69) is 9.88 Å². The Morgan fingerprint density at radius 2 is 2.00 bits per heavy atom. The Morgan fingerprint density at radius 3 is 2.55 bits per heavy atom. The van der Waals surface area contributed by atoms with E-state index in [0.717, 1.165) is 32.0 Å². The minimum Gasteiger partial charge on any atom is -0.480 e. The molecule has 7 heteroatoms. The number of hydrogen-bond donors (Lipinski definition) is 1. The molecule has 1 unspecified atom stereocenters. The van der Waals surface area contributed by atoms with Crippen LogP contribution >= 0.6 is 0 Å². The van der Waals surface area contributed by atoms with Gasteiger partial charge in [0.2, 0.25) is 5.91 Å². The highest BCUT2D eigenvalue weighted by atomic mass is 16.4. The van der Waals surface area contributed by atoms with E-state index in [4.69, 9.17) is 5.11 Å². The molecule has 1 aliphatic heterocycles. The van der Waals surface area contributed by atoms with Gasteiger partial charge in [0.15, 0.2) is 0 Å². The molecule has 2 rings (SSSR count). The highest BCUT2D eigenvalue weighted by Crippen LogP contribution is 2.12. The van der Waals surface area contributed by atoms with Crippen molar-refractivity contribution in [2.75, 3.05) is 44.7 Å². The molecule has 2 heterocycles. The Balaban J connectivity index is 1.82. The van der Waals surface area contributed by atoms with Gasteiger partial charge < -0.3 is 14.9 Å². The largest absolute Gasteiger partial charge is 0.480 e. The number of hydrogen-bond acceptors (Lipinski definition) is 5. The Bertz CT molecular complexity index is 515. The van der Waals surface area contributed by atoms with Crippen molar-refractivity contribution in [1.29, 1.82) is 0 Å². The summed E-state index contributed by atoms with van der Waals surface area (Å²) in [6.45, 7) is 4.91. The van der Waals surface area contributed by atoms with Crippen molar-refractivity contribution in [1.82, 2.24) is 14.8 Å². The van der Waals surface area contributed by atoms with Gasteiger partial charge in [-0.05, 0) is 19.1 Å². The van der Waals surface area contributed by atoms with Gasteiger partial charge in [-0.2, -0.15) is 0 Å². The van der Waals surface area contributed by atoms with Crippen molar-refractivity contribution in [2.24, 2.45) is 0 Å². The molecule has 0 spiro atoms. The van der Waals surface area contributed by atoms with Crippen LogP contribution in [0.25, 0.3) is 0 Å². The lowest BCUT2D eigenvalue weighted by molar-refractivity contribution is -0.148. The number of carboxylic acid groups (broad SMARTS) is 1. The maximum atomic E-state index is 12.1. The zero-order valence-electron chi connectivity index (χ0n) is 13.0. The molecule has 7 nitrogen and oxygen atoms in total. The first-order chi connectivity index (χ1) is 10.5. The highest BCUT2D eigenvalue weighted by Gasteiger charge is 2.25. The molecule has 0 aromatic carbocycles. The quantitative estimate of drug-likeness (QED) is 0.833. The minimum atomic E-state index is -0.990. The average Bonchev–Trinajstić information content (AvgIpc) is 2.54. The Hall–Kier alpha value is -2.15. The number of aliphatic carboxylic acids is 1. The topological polar surface area (TPSA) is 77.0 Å². The van der Waals surface area contributed by atoms with Gasteiger partial charge in [-0.1, -0.05) is 6.07 Å². The van der Waals surface area contributed by atoms with Gasteiger partial charge in [-0.25, -0.2) is 9.78 Å². The molecule has 1 N–H and O–H groups in total. The second-order valence-corrected chi connectivity index (χ2v) is 5.47. The summed E-state index contributed by atoms with van der Waals surface area (Å²) in [5.74, 6) is -0.206. The zero-order chi connectivity index (χ0) is 16.1. The van der Waals surface area contributed by atoms with Crippen LogP contribution in [0.2, 0.25) is 0 Å². The van der Waals surface area contributed by atoms with Crippen molar-refractivity contribution < 1.29 is 14.7 Å². The summed E-state index contributed by atoms with van der Waals surface area (Å²) in [6, 6.07) is 5.02. The van der Waals surface area contributed by atoms with Crippen LogP contribution in [0.5, 0.6) is 0 Å². The van der Waals surface area contributed by atoms with Gasteiger partial charge in [0, 0.05) is 39.4 Å². The maximum Gasteiger partial charge on any atom is 0.326 e. The molecule has 1 aromatic rings. The number of carboxylic acids is 1. The molecule has 1 amide bonds. The molecule has 0 saturated carbocycles. The van der Waals surface area contributed by atoms with E-state index in [9.17, 15) is 9.59 Å². The lowest BCUT2D eigenvalue weighted by Crippen LogP contribution is -2.51. The van der Waals surface area contributed by atoms with E-state index < -0.39 is 12.0 Å². The second-order valence-electron chi connectivity index (χ2n) is 5.47. The van der Waals surface area contributed by atoms with E-state index in [1.165, 1.54) is 18.9 Å². The van der Waals surface area contributed by atoms with E-state index in [1.807, 2.05) is 23.1 Å². The van der Waals surface area contributed by atoms with Gasteiger partial charge in [0.05, 0.1) is 6.54 Å². The third-order valence-corrected chi connectivity index (χ3v) is 4.04. The van der Waals surface area contributed by atoms with Crippen molar-refractivity contribution in [3.8, 4) is 0 Å². The van der Waals surface area contributed by atoms with Crippen molar-refractivity contribution in [3.63, 3.8) is 0 Å². The van der Waals surface area contributed by atoms with Gasteiger partial charge >= 0.3 is 5.97 Å². The zero-order valence-corrected chi connectivity index (χ0v) is 13.0. The van der Waals surface area contributed by atoms with Gasteiger partial charge in [-0.15, -0.1) is 0 Å². The number of pyridine rings is 1. The van der Waals surface area contributed by atoms with Crippen LogP contribution in [0.3, 0.4) is 0 Å². The van der Waals surface area contributed by atoms with E-state index in [0.29, 0.717) is 0 Å². The fourth-order valence-electron chi connectivity index (χ4n) is 2.36. The Morgan fingerprint density at radius 1 is 1.32 bits per heavy atom. The van der Waals surface area contributed by atoms with Crippen LogP contribution in [0.4, 0.5) is 5.82 Å². The van der Waals surface area contributed by atoms with Crippen LogP contribution in [-0.2, 0) is 9.59 Å². The average molecular weight is 306 g/mol. The van der Waals surface area contributed by atoms with Crippen LogP contribution in [0.15, 0.2) is 24.4 Å². The lowest BCUT2D eigenvalue weighted by Gasteiger charge is -2.35. The monoisotopic (exact) mass is 306 g/mol. The number of amides is 1. The molecule has 1 atom stereocenters. The fourth-order valence-corrected chi connectivity index (χ4v) is 2.36. The molecule has 1 aromatic heterocycles. The van der Waals surface area contributed by atoms with Gasteiger partial charge in [0.1, 0.15) is 11.9 Å². The number of likely N-dealkylation sites (N-methyl/N-ethyl adjacent to an activating group) is 1. The van der Waals surface area contributed by atoms with Crippen molar-refractivity contribution >= 4 is 17.7 Å². The summed E-state index contributed by atoms with van der Waals surface area (Å²) >= 11 is 0. The van der Waals surface area contributed by atoms with Crippen molar-refractivity contribution in [3.05, 3.63) is 24.4 Å². The minimum absolute atomic E-state index is 0.166. The number of rotatable bonds is 5. The second kappa shape index (κ2) is 7.22. The number of nitrogens with zero attached hydrogens (tertiary/aromatic N) is 4. The summed E-state index contributed by atoms with van der Waals surface area (Å²) in [6.07, 6.45) is 1.77. The molecule has 0 radical (unpaired) electrons. The summed E-state index contributed by atoms with van der Waals surface area (Å²) < 4.78 is 0. The number of carbonyl (C=O) groups is 2. The first kappa shape index (κ1) is 16.2. The predicted molar refractivity (Wildman–Crippen MR) is 82.8 cm³/mol. The number of piperazine rings is 1. The van der Waals surface area contributed by atoms with Crippen LogP contribution < -0.4 is 4.90 Å². The molecule has 0 aliphatic carbocycles. The molecule has 0 bridgehead atoms. The molecular weight excluding hydrogens is 284 g/mol. The van der Waals surface area contributed by atoms with Gasteiger partial charge in [0.25, 0.3) is 0 Å². The fraction of sp³-hybridized carbons (Fsp3) is 0.533. The van der Waals surface area contributed by atoms with Crippen molar-refractivity contribution in [2.45, 2.75) is 13.0 Å². The molecule has 1 fully saturated rings. The molecular formula is C15H22N4O3. The summed E-state index contributed by atoms with van der Waals surface area (Å²) in [7, 11) is 1.53. The number of anilines is 1.